The van der Waals surface area contributed by atoms with Gasteiger partial charge in [0.2, 0.25) is 10.0 Å². The number of hydrogen-bond donors (Lipinski definition) is 2. The molecule has 1 aromatic heterocycles. The van der Waals surface area contributed by atoms with Gasteiger partial charge >= 0.3 is 0 Å². The summed E-state index contributed by atoms with van der Waals surface area (Å²) in [6.07, 6.45) is 5.52. The van der Waals surface area contributed by atoms with Gasteiger partial charge in [0, 0.05) is 25.8 Å². The number of sulfonamides is 1. The Kier molecular flexibility index (Phi) is 5.60. The second kappa shape index (κ2) is 6.73. The van der Waals surface area contributed by atoms with Crippen LogP contribution in [0.25, 0.3) is 0 Å². The van der Waals surface area contributed by atoms with Crippen LogP contribution < -0.4 is 10.0 Å². The van der Waals surface area contributed by atoms with E-state index in [1.165, 1.54) is 6.26 Å². The van der Waals surface area contributed by atoms with Crippen molar-refractivity contribution in [3.8, 4) is 0 Å². The lowest BCUT2D eigenvalue weighted by molar-refractivity contribution is 0.565. The average Bonchev–Trinajstić information content (AvgIpc) is 2.67. The maximum Gasteiger partial charge on any atom is 0.208 e. The topological polar surface area (TPSA) is 76.0 Å². The number of aryl methyl sites for hydroxylation is 1. The summed E-state index contributed by atoms with van der Waals surface area (Å²) >= 11 is 0. The Morgan fingerprint density at radius 2 is 2.24 bits per heavy atom. The molecule has 0 aromatic carbocycles. The van der Waals surface area contributed by atoms with Crippen LogP contribution in [0.15, 0.2) is 12.5 Å². The lowest BCUT2D eigenvalue weighted by Crippen LogP contribution is -2.24. The number of nitrogens with zero attached hydrogens (tertiary/aromatic N) is 2. The molecule has 0 unspecified atom stereocenters. The van der Waals surface area contributed by atoms with Gasteiger partial charge in [-0.2, -0.15) is 0 Å². The summed E-state index contributed by atoms with van der Waals surface area (Å²) in [4.78, 5) is 4.09. The monoisotopic (exact) mass is 260 g/mol. The molecule has 0 fully saturated rings. The van der Waals surface area contributed by atoms with Crippen molar-refractivity contribution in [2.24, 2.45) is 0 Å². The van der Waals surface area contributed by atoms with Crippen molar-refractivity contribution in [2.45, 2.75) is 26.4 Å². The third-order valence-electron chi connectivity index (χ3n) is 2.29. The molecule has 0 aliphatic carbocycles. The average molecular weight is 260 g/mol. The van der Waals surface area contributed by atoms with Crippen LogP contribution in [0.5, 0.6) is 0 Å². The van der Waals surface area contributed by atoms with Crippen LogP contribution in [0.2, 0.25) is 0 Å². The Labute approximate surface area is 102 Å². The molecule has 0 aliphatic rings. The number of rotatable bonds is 8. The first kappa shape index (κ1) is 14.1. The maximum atomic E-state index is 10.9. The van der Waals surface area contributed by atoms with Crippen molar-refractivity contribution in [3.63, 3.8) is 0 Å². The van der Waals surface area contributed by atoms with E-state index in [9.17, 15) is 8.42 Å². The normalized spacial score (nSPS) is 11.9. The maximum absolute atomic E-state index is 10.9. The van der Waals surface area contributed by atoms with Gasteiger partial charge in [0.15, 0.2) is 0 Å². The van der Waals surface area contributed by atoms with Gasteiger partial charge < -0.3 is 9.88 Å². The van der Waals surface area contributed by atoms with E-state index in [1.807, 2.05) is 10.8 Å². The van der Waals surface area contributed by atoms with Crippen molar-refractivity contribution in [2.75, 3.05) is 19.3 Å². The van der Waals surface area contributed by atoms with Crippen LogP contribution >= 0.6 is 0 Å². The van der Waals surface area contributed by atoms with Crippen LogP contribution in [-0.2, 0) is 23.1 Å². The van der Waals surface area contributed by atoms with Crippen LogP contribution in [0.4, 0.5) is 0 Å². The third kappa shape index (κ3) is 5.81. The second-order valence-electron chi connectivity index (χ2n) is 3.88. The van der Waals surface area contributed by atoms with Crippen molar-refractivity contribution in [3.05, 3.63) is 18.2 Å². The molecule has 0 saturated carbocycles. The van der Waals surface area contributed by atoms with Gasteiger partial charge in [-0.15, -0.1) is 0 Å². The number of hydrogen-bond acceptors (Lipinski definition) is 4. The van der Waals surface area contributed by atoms with Gasteiger partial charge in [0.25, 0.3) is 0 Å². The van der Waals surface area contributed by atoms with E-state index < -0.39 is 10.0 Å². The summed E-state index contributed by atoms with van der Waals surface area (Å²) in [7, 11) is -3.08. The van der Waals surface area contributed by atoms with Gasteiger partial charge in [-0.05, 0) is 13.0 Å². The SMILES string of the molecule is CCNCc1cncn1CCCNS(C)(=O)=O. The Hall–Kier alpha value is -0.920. The fourth-order valence-electron chi connectivity index (χ4n) is 1.46. The van der Waals surface area contributed by atoms with Gasteiger partial charge in [-0.25, -0.2) is 18.1 Å². The molecule has 0 bridgehead atoms. The molecule has 0 aliphatic heterocycles. The van der Waals surface area contributed by atoms with Crippen LogP contribution in [0, 0.1) is 0 Å². The number of aromatic nitrogens is 2. The zero-order chi connectivity index (χ0) is 12.7. The first-order valence-corrected chi connectivity index (χ1v) is 7.56. The van der Waals surface area contributed by atoms with E-state index >= 15 is 0 Å². The van der Waals surface area contributed by atoms with Crippen LogP contribution in [0.3, 0.4) is 0 Å². The highest BCUT2D eigenvalue weighted by atomic mass is 32.2. The van der Waals surface area contributed by atoms with E-state index in [0.29, 0.717) is 6.54 Å². The smallest absolute Gasteiger partial charge is 0.208 e. The van der Waals surface area contributed by atoms with Gasteiger partial charge in [-0.1, -0.05) is 6.92 Å². The number of imidazole rings is 1. The van der Waals surface area contributed by atoms with Crippen molar-refractivity contribution < 1.29 is 8.42 Å². The molecule has 0 radical (unpaired) electrons. The minimum absolute atomic E-state index is 0.456. The molecule has 0 amide bonds. The first-order valence-electron chi connectivity index (χ1n) is 5.67. The molecule has 98 valence electrons. The molecular weight excluding hydrogens is 240 g/mol. The predicted octanol–water partition coefficient (Wildman–Crippen LogP) is -0.0681. The first-order chi connectivity index (χ1) is 8.03. The summed E-state index contributed by atoms with van der Waals surface area (Å²) in [5.74, 6) is 0. The van der Waals surface area contributed by atoms with Gasteiger partial charge in [-0.3, -0.25) is 0 Å². The van der Waals surface area contributed by atoms with E-state index in [4.69, 9.17) is 0 Å². The van der Waals surface area contributed by atoms with E-state index in [1.54, 1.807) is 6.33 Å². The zero-order valence-corrected chi connectivity index (χ0v) is 11.1. The highest BCUT2D eigenvalue weighted by Crippen LogP contribution is 2.00. The molecule has 7 heteroatoms. The molecule has 0 saturated heterocycles. The summed E-state index contributed by atoms with van der Waals surface area (Å²) in [5, 5.41) is 3.23. The molecule has 2 N–H and O–H groups in total. The quantitative estimate of drug-likeness (QED) is 0.642. The predicted molar refractivity (Wildman–Crippen MR) is 67.1 cm³/mol. The largest absolute Gasteiger partial charge is 0.333 e. The molecule has 6 nitrogen and oxygen atoms in total. The van der Waals surface area contributed by atoms with Crippen molar-refractivity contribution in [1.82, 2.24) is 19.6 Å². The molecule has 0 spiro atoms. The summed E-state index contributed by atoms with van der Waals surface area (Å²) in [5.41, 5.74) is 1.12. The molecule has 17 heavy (non-hydrogen) atoms. The summed E-state index contributed by atoms with van der Waals surface area (Å²) in [6, 6.07) is 0. The summed E-state index contributed by atoms with van der Waals surface area (Å²) < 4.78 is 26.2. The minimum atomic E-state index is -3.08. The van der Waals surface area contributed by atoms with E-state index in [-0.39, 0.29) is 0 Å². The Morgan fingerprint density at radius 3 is 2.88 bits per heavy atom. The second-order valence-corrected chi connectivity index (χ2v) is 5.71. The standard InChI is InChI=1S/C10H20N4O2S/c1-3-11-7-10-8-12-9-14(10)6-4-5-13-17(2,15)16/h8-9,11,13H,3-7H2,1-2H3. The zero-order valence-electron chi connectivity index (χ0n) is 10.3. The van der Waals surface area contributed by atoms with Crippen molar-refractivity contribution in [1.29, 1.82) is 0 Å². The fraction of sp³-hybridized carbons (Fsp3) is 0.700. The highest BCUT2D eigenvalue weighted by molar-refractivity contribution is 7.88. The molecule has 1 heterocycles. The van der Waals surface area contributed by atoms with Crippen LogP contribution in [0.1, 0.15) is 19.0 Å². The molecule has 1 rings (SSSR count). The van der Waals surface area contributed by atoms with Gasteiger partial charge in [0.1, 0.15) is 0 Å². The molecule has 0 atom stereocenters. The third-order valence-corrected chi connectivity index (χ3v) is 3.02. The Balaban J connectivity index is 2.33. The van der Waals surface area contributed by atoms with E-state index in [2.05, 4.69) is 21.9 Å². The van der Waals surface area contributed by atoms with Gasteiger partial charge in [0.05, 0.1) is 18.3 Å². The molecular formula is C10H20N4O2S. The summed E-state index contributed by atoms with van der Waals surface area (Å²) in [6.45, 7) is 4.98. The lowest BCUT2D eigenvalue weighted by atomic mass is 10.4. The highest BCUT2D eigenvalue weighted by Gasteiger charge is 2.02. The van der Waals surface area contributed by atoms with E-state index in [0.717, 1.165) is 31.7 Å². The van der Waals surface area contributed by atoms with Crippen molar-refractivity contribution >= 4 is 10.0 Å². The number of nitrogens with one attached hydrogen (secondary N) is 2. The fourth-order valence-corrected chi connectivity index (χ4v) is 1.97. The van der Waals surface area contributed by atoms with Crippen LogP contribution in [-0.4, -0.2) is 37.3 Å². The minimum Gasteiger partial charge on any atom is -0.333 e. The Bertz CT molecular complexity index is 427. The lowest BCUT2D eigenvalue weighted by Gasteiger charge is -2.08. The molecule has 1 aromatic rings. The Morgan fingerprint density at radius 1 is 1.47 bits per heavy atom.